The van der Waals surface area contributed by atoms with Crippen molar-refractivity contribution in [1.29, 1.82) is 0 Å². The number of hydrogen-bond donors (Lipinski definition) is 3. The Balaban J connectivity index is 1.45. The Hall–Kier alpha value is -4.67. The molecule has 0 bridgehead atoms. The van der Waals surface area contributed by atoms with Crippen molar-refractivity contribution in [3.63, 3.8) is 0 Å². The van der Waals surface area contributed by atoms with Crippen LogP contribution >= 0.6 is 0 Å². The molecule has 3 aromatic heterocycles. The number of carbonyl (C=O) groups excluding carboxylic acids is 1. The fourth-order valence-corrected chi connectivity index (χ4v) is 3.55. The number of aromatic nitrogens is 5. The highest BCUT2D eigenvalue weighted by Gasteiger charge is 2.31. The molecule has 0 saturated heterocycles. The zero-order valence-corrected chi connectivity index (χ0v) is 17.3. The van der Waals surface area contributed by atoms with Crippen LogP contribution < -0.4 is 11.1 Å². The van der Waals surface area contributed by atoms with Crippen molar-refractivity contribution < 1.29 is 18.0 Å². The number of benzene rings is 2. The van der Waals surface area contributed by atoms with Crippen LogP contribution in [0.4, 0.5) is 24.7 Å². The lowest BCUT2D eigenvalue weighted by Crippen LogP contribution is -2.13. The zero-order valence-electron chi connectivity index (χ0n) is 17.3. The zero-order chi connectivity index (χ0) is 23.9. The van der Waals surface area contributed by atoms with Gasteiger partial charge in [-0.1, -0.05) is 18.2 Å². The Kier molecular flexibility index (Phi) is 5.01. The number of nitrogens with one attached hydrogen (secondary N) is 2. The van der Waals surface area contributed by atoms with Gasteiger partial charge in [0.1, 0.15) is 17.8 Å². The first kappa shape index (κ1) is 21.2. The molecule has 3 heterocycles. The summed E-state index contributed by atoms with van der Waals surface area (Å²) in [6, 6.07) is 12.8. The van der Waals surface area contributed by atoms with E-state index in [1.54, 1.807) is 41.3 Å². The summed E-state index contributed by atoms with van der Waals surface area (Å²) in [6.07, 6.45) is 0.352. The molecule has 0 radical (unpaired) electrons. The summed E-state index contributed by atoms with van der Waals surface area (Å²) in [5, 5.41) is 7.83. The topological polar surface area (TPSA) is 115 Å². The van der Waals surface area contributed by atoms with Crippen LogP contribution in [-0.2, 0) is 6.18 Å². The molecule has 5 rings (SSSR count). The van der Waals surface area contributed by atoms with Crippen molar-refractivity contribution in [1.82, 2.24) is 24.7 Å². The van der Waals surface area contributed by atoms with E-state index in [0.717, 1.165) is 17.8 Å². The van der Waals surface area contributed by atoms with Gasteiger partial charge in [0.15, 0.2) is 5.65 Å². The van der Waals surface area contributed by atoms with Gasteiger partial charge in [-0.3, -0.25) is 4.79 Å². The molecule has 0 fully saturated rings. The second-order valence-corrected chi connectivity index (χ2v) is 7.40. The van der Waals surface area contributed by atoms with Gasteiger partial charge in [0.25, 0.3) is 5.91 Å². The lowest BCUT2D eigenvalue weighted by atomic mass is 10.1. The third-order valence-corrected chi connectivity index (χ3v) is 5.19. The smallest absolute Gasteiger partial charge is 0.383 e. The van der Waals surface area contributed by atoms with E-state index >= 15 is 0 Å². The Morgan fingerprint density at radius 2 is 1.85 bits per heavy atom. The number of anilines is 2. The highest BCUT2D eigenvalue weighted by molar-refractivity contribution is 6.04. The highest BCUT2D eigenvalue weighted by atomic mass is 19.4. The van der Waals surface area contributed by atoms with Crippen molar-refractivity contribution in [3.05, 3.63) is 84.4 Å². The van der Waals surface area contributed by atoms with Crippen LogP contribution in [0, 0.1) is 0 Å². The molecule has 0 aliphatic carbocycles. The number of nitrogens with two attached hydrogens (primary N) is 1. The average Bonchev–Trinajstić information content (AvgIpc) is 3.48. The first-order valence-electron chi connectivity index (χ1n) is 10.0. The van der Waals surface area contributed by atoms with Gasteiger partial charge in [-0.05, 0) is 36.4 Å². The van der Waals surface area contributed by atoms with Crippen molar-refractivity contribution in [2.75, 3.05) is 11.1 Å². The monoisotopic (exact) mass is 463 g/mol. The first-order chi connectivity index (χ1) is 16.3. The number of alkyl halides is 3. The van der Waals surface area contributed by atoms with E-state index < -0.39 is 17.6 Å². The van der Waals surface area contributed by atoms with Crippen LogP contribution in [0.3, 0.4) is 0 Å². The Morgan fingerprint density at radius 1 is 1.06 bits per heavy atom. The van der Waals surface area contributed by atoms with Crippen LogP contribution in [0.1, 0.15) is 15.9 Å². The number of H-pyrrole nitrogens is 1. The van der Waals surface area contributed by atoms with Gasteiger partial charge in [-0.15, -0.1) is 0 Å². The molecule has 2 aromatic carbocycles. The molecule has 0 unspecified atom stereocenters. The maximum Gasteiger partial charge on any atom is 0.416 e. The number of aromatic amines is 1. The number of nitrogens with zero attached hydrogens (tertiary/aromatic N) is 4. The van der Waals surface area contributed by atoms with E-state index in [1.165, 1.54) is 18.5 Å². The molecule has 1 amide bonds. The highest BCUT2D eigenvalue weighted by Crippen LogP contribution is 2.32. The van der Waals surface area contributed by atoms with Gasteiger partial charge in [-0.2, -0.15) is 18.3 Å². The van der Waals surface area contributed by atoms with E-state index in [9.17, 15) is 18.0 Å². The number of carbonyl (C=O) groups is 1. The lowest BCUT2D eigenvalue weighted by Gasteiger charge is -2.09. The summed E-state index contributed by atoms with van der Waals surface area (Å²) in [7, 11) is 0. The molecule has 0 aliphatic rings. The molecule has 0 spiro atoms. The van der Waals surface area contributed by atoms with Crippen molar-refractivity contribution in [3.8, 4) is 16.9 Å². The van der Waals surface area contributed by atoms with E-state index in [-0.39, 0.29) is 11.4 Å². The minimum absolute atomic E-state index is 0.0972. The number of halogens is 3. The maximum absolute atomic E-state index is 12.9. The summed E-state index contributed by atoms with van der Waals surface area (Å²) in [6.45, 7) is 0. The van der Waals surface area contributed by atoms with Crippen LogP contribution in [0.2, 0.25) is 0 Å². The Morgan fingerprint density at radius 3 is 2.56 bits per heavy atom. The van der Waals surface area contributed by atoms with Gasteiger partial charge in [0.05, 0.1) is 16.6 Å². The largest absolute Gasteiger partial charge is 0.416 e. The second kappa shape index (κ2) is 8.03. The quantitative estimate of drug-likeness (QED) is 0.359. The number of nitrogen functional groups attached to an aromatic ring is 1. The molecular weight excluding hydrogens is 447 g/mol. The van der Waals surface area contributed by atoms with Crippen LogP contribution in [-0.4, -0.2) is 30.6 Å². The molecule has 170 valence electrons. The molecule has 4 N–H and O–H groups in total. The Bertz CT molecular complexity index is 1490. The third-order valence-electron chi connectivity index (χ3n) is 5.19. The molecule has 5 aromatic rings. The predicted molar refractivity (Wildman–Crippen MR) is 120 cm³/mol. The average molecular weight is 463 g/mol. The van der Waals surface area contributed by atoms with Crippen LogP contribution in [0.25, 0.3) is 28.0 Å². The minimum Gasteiger partial charge on any atom is -0.383 e. The minimum atomic E-state index is -4.53. The number of amides is 1. The van der Waals surface area contributed by atoms with Crippen molar-refractivity contribution in [2.45, 2.75) is 6.18 Å². The molecule has 11 heteroatoms. The normalized spacial score (nSPS) is 11.6. The van der Waals surface area contributed by atoms with E-state index in [4.69, 9.17) is 5.73 Å². The fourth-order valence-electron chi connectivity index (χ4n) is 3.55. The van der Waals surface area contributed by atoms with Crippen molar-refractivity contribution >= 4 is 28.4 Å². The molecule has 0 saturated carbocycles. The predicted octanol–water partition coefficient (Wildman–Crippen LogP) is 4.66. The van der Waals surface area contributed by atoms with Gasteiger partial charge < -0.3 is 16.0 Å². The SMILES string of the molecule is Nc1ncnc2c1c(-c1ccc(NC(=O)c3cccc(C(F)(F)F)c3)cc1)nn2-c1cc[nH]c1. The number of rotatable bonds is 4. The third kappa shape index (κ3) is 3.83. The van der Waals surface area contributed by atoms with Gasteiger partial charge in [0.2, 0.25) is 0 Å². The number of hydrogen-bond acceptors (Lipinski definition) is 5. The van der Waals surface area contributed by atoms with E-state index in [1.807, 2.05) is 6.07 Å². The van der Waals surface area contributed by atoms with Gasteiger partial charge in [-0.25, -0.2) is 14.6 Å². The Labute approximate surface area is 190 Å². The van der Waals surface area contributed by atoms with Gasteiger partial charge >= 0.3 is 6.18 Å². The molecule has 0 aliphatic heterocycles. The van der Waals surface area contributed by atoms with Crippen LogP contribution in [0.15, 0.2) is 73.3 Å². The first-order valence-corrected chi connectivity index (χ1v) is 10.0. The van der Waals surface area contributed by atoms with E-state index in [2.05, 4.69) is 25.4 Å². The fraction of sp³-hybridized carbons (Fsp3) is 0.0435. The summed E-state index contributed by atoms with van der Waals surface area (Å²) in [5.74, 6) is -0.387. The molecule has 34 heavy (non-hydrogen) atoms. The molecule has 8 nitrogen and oxygen atoms in total. The second-order valence-electron chi connectivity index (χ2n) is 7.40. The van der Waals surface area contributed by atoms with Gasteiger partial charge in [0, 0.05) is 29.2 Å². The van der Waals surface area contributed by atoms with Crippen molar-refractivity contribution in [2.24, 2.45) is 0 Å². The summed E-state index contributed by atoms with van der Waals surface area (Å²) < 4.78 is 40.4. The lowest BCUT2D eigenvalue weighted by molar-refractivity contribution is -0.137. The summed E-state index contributed by atoms with van der Waals surface area (Å²) in [4.78, 5) is 23.8. The maximum atomic E-state index is 12.9. The van der Waals surface area contributed by atoms with Crippen LogP contribution in [0.5, 0.6) is 0 Å². The summed E-state index contributed by atoms with van der Waals surface area (Å²) in [5.41, 5.74) is 8.07. The summed E-state index contributed by atoms with van der Waals surface area (Å²) >= 11 is 0. The molecule has 0 atom stereocenters. The molecular formula is C23H16F3N7O. The standard InChI is InChI=1S/C23H16F3N7O/c24-23(25,26)15-3-1-2-14(10-15)22(34)31-16-6-4-13(5-7-16)19-18-20(27)29-12-30-21(18)33(32-19)17-8-9-28-11-17/h1-12,28H,(H,31,34)(H2,27,29,30). The number of fused-ring (bicyclic) bond motifs is 1. The van der Waals surface area contributed by atoms with E-state index in [0.29, 0.717) is 28.0 Å².